The highest BCUT2D eigenvalue weighted by atomic mass is 32.2. The van der Waals surface area contributed by atoms with E-state index in [1.54, 1.807) is 0 Å². The number of nitrogens with zero attached hydrogens (tertiary/aromatic N) is 1. The average molecular weight is 353 g/mol. The second kappa shape index (κ2) is 8.62. The van der Waals surface area contributed by atoms with Crippen molar-refractivity contribution in [2.45, 2.75) is 45.3 Å². The van der Waals surface area contributed by atoms with Gasteiger partial charge in [0.05, 0.1) is 5.75 Å². The van der Waals surface area contributed by atoms with E-state index in [-0.39, 0.29) is 17.6 Å². The van der Waals surface area contributed by atoms with Crippen LogP contribution in [-0.2, 0) is 20.6 Å². The number of benzene rings is 1. The van der Waals surface area contributed by atoms with Crippen LogP contribution in [-0.4, -0.2) is 38.3 Å². The summed E-state index contributed by atoms with van der Waals surface area (Å²) in [6.45, 7) is 5.61. The van der Waals surface area contributed by atoms with Gasteiger partial charge in [0.1, 0.15) is 0 Å². The third kappa shape index (κ3) is 5.31. The summed E-state index contributed by atoms with van der Waals surface area (Å²) in [4.78, 5) is 12.1. The first kappa shape index (κ1) is 18.9. The fourth-order valence-corrected chi connectivity index (χ4v) is 4.58. The predicted octanol–water partition coefficient (Wildman–Crippen LogP) is 2.45. The number of hydrogen-bond donors (Lipinski definition) is 1. The minimum atomic E-state index is -3.32. The van der Waals surface area contributed by atoms with Crippen molar-refractivity contribution in [1.29, 1.82) is 0 Å². The van der Waals surface area contributed by atoms with E-state index in [0.717, 1.165) is 24.0 Å². The maximum absolute atomic E-state index is 12.6. The third-order valence-electron chi connectivity index (χ3n) is 4.48. The van der Waals surface area contributed by atoms with Crippen molar-refractivity contribution in [2.75, 3.05) is 19.6 Å². The van der Waals surface area contributed by atoms with Crippen LogP contribution in [0.1, 0.15) is 43.7 Å². The summed E-state index contributed by atoms with van der Waals surface area (Å²) in [5.74, 6) is 0.0358. The quantitative estimate of drug-likeness (QED) is 0.767. The van der Waals surface area contributed by atoms with Crippen LogP contribution in [0.15, 0.2) is 24.3 Å². The van der Waals surface area contributed by atoms with Gasteiger partial charge in [0.2, 0.25) is 15.9 Å². The maximum Gasteiger partial charge on any atom is 0.223 e. The van der Waals surface area contributed by atoms with Gasteiger partial charge in [-0.15, -0.1) is 0 Å². The van der Waals surface area contributed by atoms with Gasteiger partial charge in [-0.05, 0) is 31.7 Å². The topological polar surface area (TPSA) is 66.5 Å². The average Bonchev–Trinajstić information content (AvgIpc) is 2.55. The van der Waals surface area contributed by atoms with Crippen LogP contribution < -0.4 is 5.32 Å². The van der Waals surface area contributed by atoms with Gasteiger partial charge in [-0.3, -0.25) is 4.79 Å². The van der Waals surface area contributed by atoms with Crippen molar-refractivity contribution in [3.05, 3.63) is 35.4 Å². The molecule has 1 saturated heterocycles. The van der Waals surface area contributed by atoms with Gasteiger partial charge in [0, 0.05) is 25.6 Å². The van der Waals surface area contributed by atoms with Gasteiger partial charge >= 0.3 is 0 Å². The number of hydrogen-bond acceptors (Lipinski definition) is 3. The van der Waals surface area contributed by atoms with E-state index in [1.165, 1.54) is 4.31 Å². The zero-order chi connectivity index (χ0) is 17.6. The van der Waals surface area contributed by atoms with Crippen molar-refractivity contribution in [1.82, 2.24) is 9.62 Å². The van der Waals surface area contributed by atoms with Crippen molar-refractivity contribution in [3.63, 3.8) is 0 Å². The van der Waals surface area contributed by atoms with Crippen LogP contribution in [0.4, 0.5) is 0 Å². The molecule has 0 unspecified atom stereocenters. The Balaban J connectivity index is 1.87. The number of piperidine rings is 1. The fraction of sp³-hybridized carbons (Fsp3) is 0.611. The highest BCUT2D eigenvalue weighted by molar-refractivity contribution is 7.88. The van der Waals surface area contributed by atoms with E-state index >= 15 is 0 Å². The zero-order valence-electron chi connectivity index (χ0n) is 14.6. The van der Waals surface area contributed by atoms with Crippen LogP contribution in [0.5, 0.6) is 0 Å². The first-order valence-corrected chi connectivity index (χ1v) is 10.3. The van der Waals surface area contributed by atoms with Crippen LogP contribution in [0.25, 0.3) is 0 Å². The molecule has 2 rings (SSSR count). The molecule has 5 nitrogen and oxygen atoms in total. The Bertz CT molecular complexity index is 650. The second-order valence-electron chi connectivity index (χ2n) is 6.56. The molecule has 0 spiro atoms. The lowest BCUT2D eigenvalue weighted by atomic mass is 9.97. The molecule has 1 amide bonds. The van der Waals surface area contributed by atoms with Crippen molar-refractivity contribution in [3.8, 4) is 0 Å². The second-order valence-corrected chi connectivity index (χ2v) is 8.53. The smallest absolute Gasteiger partial charge is 0.223 e. The highest BCUT2D eigenvalue weighted by Crippen LogP contribution is 2.22. The Morgan fingerprint density at radius 2 is 2.00 bits per heavy atom. The van der Waals surface area contributed by atoms with Crippen molar-refractivity contribution >= 4 is 15.9 Å². The molecule has 24 heavy (non-hydrogen) atoms. The number of rotatable bonds is 7. The molecule has 6 heteroatoms. The fourth-order valence-electron chi connectivity index (χ4n) is 3.03. The van der Waals surface area contributed by atoms with Crippen molar-refractivity contribution < 1.29 is 13.2 Å². The Hall–Kier alpha value is -1.40. The van der Waals surface area contributed by atoms with E-state index in [0.29, 0.717) is 32.5 Å². The molecule has 1 aliphatic heterocycles. The van der Waals surface area contributed by atoms with Gasteiger partial charge in [-0.2, -0.15) is 0 Å². The van der Waals surface area contributed by atoms with Gasteiger partial charge in [-0.25, -0.2) is 12.7 Å². The summed E-state index contributed by atoms with van der Waals surface area (Å²) in [7, 11) is -3.32. The van der Waals surface area contributed by atoms with E-state index in [9.17, 15) is 13.2 Å². The molecule has 0 radical (unpaired) electrons. The summed E-state index contributed by atoms with van der Waals surface area (Å²) in [5.41, 5.74) is 1.87. The zero-order valence-corrected chi connectivity index (χ0v) is 15.4. The molecule has 0 aromatic heterocycles. The summed E-state index contributed by atoms with van der Waals surface area (Å²) >= 11 is 0. The largest absolute Gasteiger partial charge is 0.356 e. The summed E-state index contributed by atoms with van der Waals surface area (Å²) in [6.07, 6.45) is 3.24. The number of aryl methyl sites for hydroxylation is 1. The molecule has 1 aliphatic rings. The molecule has 1 fully saturated rings. The van der Waals surface area contributed by atoms with Crippen molar-refractivity contribution in [2.24, 2.45) is 5.92 Å². The lowest BCUT2D eigenvalue weighted by Crippen LogP contribution is -2.43. The monoisotopic (exact) mass is 352 g/mol. The number of amides is 1. The van der Waals surface area contributed by atoms with Gasteiger partial charge in [-0.1, -0.05) is 43.2 Å². The number of carbonyl (C=O) groups is 1. The number of carbonyl (C=O) groups excluding carboxylic acids is 1. The van der Waals surface area contributed by atoms with Crippen LogP contribution in [0.3, 0.4) is 0 Å². The highest BCUT2D eigenvalue weighted by Gasteiger charge is 2.30. The Morgan fingerprint density at radius 3 is 2.62 bits per heavy atom. The normalized spacial score (nSPS) is 16.9. The molecule has 1 aromatic rings. The number of unbranched alkanes of at least 4 members (excludes halogenated alkanes) is 1. The first-order chi connectivity index (χ1) is 11.4. The Morgan fingerprint density at radius 1 is 1.29 bits per heavy atom. The maximum atomic E-state index is 12.6. The van der Waals surface area contributed by atoms with Crippen LogP contribution >= 0.6 is 0 Å². The minimum absolute atomic E-state index is 0.0298. The lowest BCUT2D eigenvalue weighted by molar-refractivity contribution is -0.126. The van der Waals surface area contributed by atoms with Gasteiger partial charge in [0.15, 0.2) is 0 Å². The molecular formula is C18H28N2O3S. The van der Waals surface area contributed by atoms with Gasteiger partial charge < -0.3 is 5.32 Å². The van der Waals surface area contributed by atoms with Gasteiger partial charge in [0.25, 0.3) is 0 Å². The standard InChI is InChI=1S/C18H28N2O3S/c1-3-4-10-19-18(21)17-8-11-20(12-9-17)24(22,23)14-16-7-5-6-15(2)13-16/h5-7,13,17H,3-4,8-12,14H2,1-2H3,(H,19,21). The molecular weight excluding hydrogens is 324 g/mol. The first-order valence-electron chi connectivity index (χ1n) is 8.73. The summed E-state index contributed by atoms with van der Waals surface area (Å²) < 4.78 is 26.7. The molecule has 1 N–H and O–H groups in total. The Kier molecular flexibility index (Phi) is 6.80. The third-order valence-corrected chi connectivity index (χ3v) is 6.33. The number of sulfonamides is 1. The van der Waals surface area contributed by atoms with Crippen LogP contribution in [0.2, 0.25) is 0 Å². The molecule has 0 bridgehead atoms. The summed E-state index contributed by atoms with van der Waals surface area (Å²) in [6, 6.07) is 7.59. The Labute approximate surface area is 145 Å². The molecule has 1 aromatic carbocycles. The van der Waals surface area contributed by atoms with E-state index in [1.807, 2.05) is 31.2 Å². The van der Waals surface area contributed by atoms with E-state index in [4.69, 9.17) is 0 Å². The molecule has 0 aliphatic carbocycles. The van der Waals surface area contributed by atoms with Crippen LogP contribution in [0, 0.1) is 12.8 Å². The summed E-state index contributed by atoms with van der Waals surface area (Å²) in [5, 5.41) is 2.95. The molecule has 134 valence electrons. The predicted molar refractivity (Wildman–Crippen MR) is 96.0 cm³/mol. The molecule has 0 atom stereocenters. The molecule has 0 saturated carbocycles. The lowest BCUT2D eigenvalue weighted by Gasteiger charge is -2.30. The van der Waals surface area contributed by atoms with E-state index < -0.39 is 10.0 Å². The molecule has 1 heterocycles. The van der Waals surface area contributed by atoms with E-state index in [2.05, 4.69) is 12.2 Å². The number of nitrogens with one attached hydrogen (secondary N) is 1. The SMILES string of the molecule is CCCCNC(=O)C1CCN(S(=O)(=O)Cc2cccc(C)c2)CC1. The minimum Gasteiger partial charge on any atom is -0.356 e.